The summed E-state index contributed by atoms with van der Waals surface area (Å²) in [6.07, 6.45) is 1.25. The Kier molecular flexibility index (Phi) is 3.15. The SMILES string of the molecule is O.O.O=c1[nH]c2nc[nH]c2c(=O)n1O. The summed E-state index contributed by atoms with van der Waals surface area (Å²) in [5, 5.41) is 8.84. The summed E-state index contributed by atoms with van der Waals surface area (Å²) >= 11 is 0. The molecule has 0 aromatic carbocycles. The maximum Gasteiger partial charge on any atom is 0.363 e. The molecule has 0 aliphatic carbocycles. The Morgan fingerprint density at radius 1 is 1.36 bits per heavy atom. The standard InChI is InChI=1S/C5H4N4O3.2H2O/c10-4-2-3(7-1-6-2)8-5(11)9(4)12;;/h1,12H,(H,6,7)(H,8,11);2*1H2. The molecule has 2 rings (SSSR count). The molecule has 0 aliphatic rings. The van der Waals surface area contributed by atoms with Crippen molar-refractivity contribution in [3.8, 4) is 0 Å². The summed E-state index contributed by atoms with van der Waals surface area (Å²) in [5.41, 5.74) is -1.52. The summed E-state index contributed by atoms with van der Waals surface area (Å²) in [5.74, 6) is 0. The Morgan fingerprint density at radius 2 is 2.00 bits per heavy atom. The maximum atomic E-state index is 11.0. The number of nitrogens with one attached hydrogen (secondary N) is 2. The molecule has 0 atom stereocenters. The van der Waals surface area contributed by atoms with Gasteiger partial charge in [0.1, 0.15) is 0 Å². The highest BCUT2D eigenvalue weighted by Gasteiger charge is 2.06. The fraction of sp³-hybridized carbons (Fsp3) is 0. The van der Waals surface area contributed by atoms with E-state index in [0.717, 1.165) is 0 Å². The number of aromatic amines is 2. The lowest BCUT2D eigenvalue weighted by atomic mass is 10.5. The van der Waals surface area contributed by atoms with Crippen LogP contribution in [-0.2, 0) is 0 Å². The van der Waals surface area contributed by atoms with Crippen molar-refractivity contribution in [1.82, 2.24) is 19.7 Å². The smallest absolute Gasteiger partial charge is 0.363 e. The summed E-state index contributed by atoms with van der Waals surface area (Å²) < 4.78 is -0.0134. The fourth-order valence-corrected chi connectivity index (χ4v) is 0.904. The van der Waals surface area contributed by atoms with Crippen LogP contribution < -0.4 is 11.2 Å². The van der Waals surface area contributed by atoms with Crippen molar-refractivity contribution in [2.24, 2.45) is 0 Å². The highest BCUT2D eigenvalue weighted by atomic mass is 16.5. The number of imidazole rings is 1. The number of H-pyrrole nitrogens is 2. The first-order valence-corrected chi connectivity index (χ1v) is 3.08. The molecule has 2 aromatic heterocycles. The second-order valence-electron chi connectivity index (χ2n) is 2.17. The summed E-state index contributed by atoms with van der Waals surface area (Å²) in [7, 11) is 0. The molecule has 0 spiro atoms. The predicted molar refractivity (Wildman–Crippen MR) is 45.4 cm³/mol. The monoisotopic (exact) mass is 204 g/mol. The molecular formula is C5H8N4O5. The van der Waals surface area contributed by atoms with Crippen LogP contribution in [0.25, 0.3) is 11.2 Å². The van der Waals surface area contributed by atoms with Crippen LogP contribution >= 0.6 is 0 Å². The minimum atomic E-state index is -0.903. The van der Waals surface area contributed by atoms with E-state index in [2.05, 4.69) is 15.0 Å². The van der Waals surface area contributed by atoms with Crippen LogP contribution in [0.3, 0.4) is 0 Å². The molecule has 0 saturated heterocycles. The van der Waals surface area contributed by atoms with Crippen LogP contribution in [0, 0.1) is 0 Å². The minimum absolute atomic E-state index is 0. The van der Waals surface area contributed by atoms with Crippen molar-refractivity contribution in [3.63, 3.8) is 0 Å². The van der Waals surface area contributed by atoms with Gasteiger partial charge in [0.25, 0.3) is 0 Å². The number of hydrogen-bond acceptors (Lipinski definition) is 4. The van der Waals surface area contributed by atoms with Crippen LogP contribution in [0.1, 0.15) is 0 Å². The van der Waals surface area contributed by atoms with E-state index in [0.29, 0.717) is 0 Å². The minimum Gasteiger partial charge on any atom is -0.421 e. The molecule has 0 unspecified atom stereocenters. The Hall–Kier alpha value is -2.13. The molecule has 0 aliphatic heterocycles. The van der Waals surface area contributed by atoms with Crippen molar-refractivity contribution in [2.75, 3.05) is 0 Å². The van der Waals surface area contributed by atoms with Gasteiger partial charge in [0.15, 0.2) is 11.2 Å². The fourth-order valence-electron chi connectivity index (χ4n) is 0.904. The van der Waals surface area contributed by atoms with Crippen molar-refractivity contribution in [1.29, 1.82) is 0 Å². The van der Waals surface area contributed by atoms with Crippen molar-refractivity contribution in [3.05, 3.63) is 27.2 Å². The Morgan fingerprint density at radius 3 is 2.64 bits per heavy atom. The third-order valence-corrected chi connectivity index (χ3v) is 1.46. The van der Waals surface area contributed by atoms with Gasteiger partial charge in [-0.2, -0.15) is 0 Å². The van der Waals surface area contributed by atoms with Crippen molar-refractivity contribution < 1.29 is 16.2 Å². The molecule has 2 aromatic rings. The zero-order valence-electron chi connectivity index (χ0n) is 6.74. The van der Waals surface area contributed by atoms with Gasteiger partial charge in [-0.3, -0.25) is 9.78 Å². The largest absolute Gasteiger partial charge is 0.421 e. The maximum absolute atomic E-state index is 11.0. The average molecular weight is 204 g/mol. The molecular weight excluding hydrogens is 196 g/mol. The van der Waals surface area contributed by atoms with Gasteiger partial charge in [0.2, 0.25) is 0 Å². The third-order valence-electron chi connectivity index (χ3n) is 1.46. The van der Waals surface area contributed by atoms with E-state index in [1.54, 1.807) is 0 Å². The molecule has 14 heavy (non-hydrogen) atoms. The molecule has 0 radical (unpaired) electrons. The molecule has 9 nitrogen and oxygen atoms in total. The van der Waals surface area contributed by atoms with E-state index in [1.165, 1.54) is 6.33 Å². The number of hydrogen-bond donors (Lipinski definition) is 3. The molecule has 0 bridgehead atoms. The van der Waals surface area contributed by atoms with Gasteiger partial charge in [0, 0.05) is 0 Å². The quantitative estimate of drug-likeness (QED) is 0.389. The van der Waals surface area contributed by atoms with Gasteiger partial charge in [0.05, 0.1) is 6.33 Å². The second-order valence-corrected chi connectivity index (χ2v) is 2.17. The highest BCUT2D eigenvalue weighted by Crippen LogP contribution is 1.93. The Balaban J connectivity index is 0.000000845. The Bertz CT molecular complexity index is 537. The van der Waals surface area contributed by atoms with Crippen LogP contribution in [-0.4, -0.2) is 35.8 Å². The van der Waals surface area contributed by atoms with Gasteiger partial charge < -0.3 is 21.1 Å². The average Bonchev–Trinajstić information content (AvgIpc) is 2.48. The van der Waals surface area contributed by atoms with Crippen LogP contribution in [0.5, 0.6) is 0 Å². The summed E-state index contributed by atoms with van der Waals surface area (Å²) in [4.78, 5) is 30.1. The molecule has 0 fully saturated rings. The lowest BCUT2D eigenvalue weighted by Gasteiger charge is -1.91. The molecule has 2 heterocycles. The van der Waals surface area contributed by atoms with Crippen LogP contribution in [0.15, 0.2) is 15.9 Å². The van der Waals surface area contributed by atoms with E-state index in [4.69, 9.17) is 5.21 Å². The first-order valence-electron chi connectivity index (χ1n) is 3.08. The first kappa shape index (κ1) is 11.9. The zero-order valence-corrected chi connectivity index (χ0v) is 6.74. The van der Waals surface area contributed by atoms with E-state index in [1.807, 2.05) is 0 Å². The van der Waals surface area contributed by atoms with Gasteiger partial charge in [-0.1, -0.05) is 4.73 Å². The van der Waals surface area contributed by atoms with Gasteiger partial charge >= 0.3 is 11.2 Å². The van der Waals surface area contributed by atoms with E-state index in [-0.39, 0.29) is 26.8 Å². The van der Waals surface area contributed by atoms with E-state index >= 15 is 0 Å². The molecule has 78 valence electrons. The van der Waals surface area contributed by atoms with Gasteiger partial charge in [-0.25, -0.2) is 9.78 Å². The van der Waals surface area contributed by atoms with Gasteiger partial charge in [-0.15, -0.1) is 0 Å². The number of nitrogens with zero attached hydrogens (tertiary/aromatic N) is 2. The number of fused-ring (bicyclic) bond motifs is 1. The Labute approximate surface area is 75.2 Å². The van der Waals surface area contributed by atoms with Crippen LogP contribution in [0.4, 0.5) is 0 Å². The molecule has 0 amide bonds. The molecule has 7 N–H and O–H groups in total. The van der Waals surface area contributed by atoms with E-state index in [9.17, 15) is 9.59 Å². The normalized spacial score (nSPS) is 9.14. The first-order chi connectivity index (χ1) is 5.70. The summed E-state index contributed by atoms with van der Waals surface area (Å²) in [6.45, 7) is 0. The summed E-state index contributed by atoms with van der Waals surface area (Å²) in [6, 6.07) is 0. The van der Waals surface area contributed by atoms with E-state index < -0.39 is 11.2 Å². The number of rotatable bonds is 0. The molecule has 0 saturated carbocycles. The van der Waals surface area contributed by atoms with Crippen LogP contribution in [0.2, 0.25) is 0 Å². The lowest BCUT2D eigenvalue weighted by molar-refractivity contribution is 0.162. The van der Waals surface area contributed by atoms with Crippen molar-refractivity contribution in [2.45, 2.75) is 0 Å². The molecule has 9 heteroatoms. The predicted octanol–water partition coefficient (Wildman–Crippen LogP) is -3.00. The van der Waals surface area contributed by atoms with Crippen molar-refractivity contribution >= 4 is 11.2 Å². The topological polar surface area (TPSA) is 167 Å². The highest BCUT2D eigenvalue weighted by molar-refractivity contribution is 5.67. The second kappa shape index (κ2) is 3.72. The lowest BCUT2D eigenvalue weighted by Crippen LogP contribution is -2.33. The third kappa shape index (κ3) is 1.36. The van der Waals surface area contributed by atoms with Gasteiger partial charge in [-0.05, 0) is 0 Å². The number of aromatic nitrogens is 4. The zero-order chi connectivity index (χ0) is 8.72.